The minimum atomic E-state index is 0.124. The predicted octanol–water partition coefficient (Wildman–Crippen LogP) is 3.67. The number of hydrogen-bond donors (Lipinski definition) is 2. The zero-order valence-corrected chi connectivity index (χ0v) is 14.4. The van der Waals surface area contributed by atoms with Crippen molar-refractivity contribution in [3.05, 3.63) is 64.7 Å². The van der Waals surface area contributed by atoms with Gasteiger partial charge in [-0.3, -0.25) is 4.79 Å². The second-order valence-electron chi connectivity index (χ2n) is 7.98. The summed E-state index contributed by atoms with van der Waals surface area (Å²) in [7, 11) is 0. The van der Waals surface area contributed by atoms with Crippen LogP contribution in [0.15, 0.2) is 42.5 Å². The van der Waals surface area contributed by atoms with E-state index in [1.54, 1.807) is 0 Å². The molecule has 0 saturated heterocycles. The van der Waals surface area contributed by atoms with Crippen molar-refractivity contribution in [2.75, 3.05) is 5.73 Å². The van der Waals surface area contributed by atoms with Gasteiger partial charge in [0.15, 0.2) is 0 Å². The second-order valence-corrected chi connectivity index (χ2v) is 7.98. The van der Waals surface area contributed by atoms with Gasteiger partial charge in [-0.25, -0.2) is 0 Å². The molecule has 3 atom stereocenters. The number of aryl methyl sites for hydroxylation is 2. The van der Waals surface area contributed by atoms with Gasteiger partial charge in [0.2, 0.25) is 5.91 Å². The van der Waals surface area contributed by atoms with E-state index < -0.39 is 0 Å². The van der Waals surface area contributed by atoms with Gasteiger partial charge in [0.05, 0.1) is 6.04 Å². The first-order chi connectivity index (χ1) is 12.2. The molecule has 5 rings (SSSR count). The van der Waals surface area contributed by atoms with Gasteiger partial charge in [-0.1, -0.05) is 30.3 Å². The van der Waals surface area contributed by atoms with E-state index in [1.165, 1.54) is 22.3 Å². The Kier molecular flexibility index (Phi) is 3.21. The first-order valence-corrected chi connectivity index (χ1v) is 9.44. The summed E-state index contributed by atoms with van der Waals surface area (Å²) in [6, 6.07) is 14.9. The molecule has 0 heterocycles. The summed E-state index contributed by atoms with van der Waals surface area (Å²) in [5.74, 6) is 0.390. The molecule has 3 aliphatic rings. The third kappa shape index (κ3) is 2.29. The van der Waals surface area contributed by atoms with Crippen molar-refractivity contribution in [2.24, 2.45) is 5.92 Å². The molecule has 25 heavy (non-hydrogen) atoms. The van der Waals surface area contributed by atoms with Gasteiger partial charge in [-0.15, -0.1) is 0 Å². The molecule has 0 radical (unpaired) electrons. The maximum atomic E-state index is 13.0. The summed E-state index contributed by atoms with van der Waals surface area (Å²) in [6.45, 7) is 0. The van der Waals surface area contributed by atoms with Gasteiger partial charge in [-0.2, -0.15) is 0 Å². The lowest BCUT2D eigenvalue weighted by Crippen LogP contribution is -2.33. The highest BCUT2D eigenvalue weighted by Crippen LogP contribution is 2.61. The number of benzene rings is 2. The van der Waals surface area contributed by atoms with Crippen LogP contribution < -0.4 is 11.1 Å². The van der Waals surface area contributed by atoms with Crippen molar-refractivity contribution in [1.82, 2.24) is 5.32 Å². The number of nitrogens with one attached hydrogen (secondary N) is 1. The lowest BCUT2D eigenvalue weighted by Gasteiger charge is -2.27. The number of amides is 1. The Bertz CT molecular complexity index is 859. The standard InChI is InChI=1S/C22H24N2O/c23-16-8-9-17-15(12-16)5-3-7-20(17)24-21(25)19-13-22(19)11-10-14-4-1-2-6-18(14)22/h1-2,4,6,8-9,12,19-20H,3,5,7,10-11,13,23H2,(H,24,25). The number of anilines is 1. The minimum absolute atomic E-state index is 0.124. The minimum Gasteiger partial charge on any atom is -0.399 e. The smallest absolute Gasteiger partial charge is 0.224 e. The zero-order chi connectivity index (χ0) is 17.0. The SMILES string of the molecule is Nc1ccc2c(c1)CCCC2NC(=O)C1CC12CCc1ccccc12. The summed E-state index contributed by atoms with van der Waals surface area (Å²) in [5, 5.41) is 3.36. The number of hydrogen-bond acceptors (Lipinski definition) is 2. The first-order valence-electron chi connectivity index (χ1n) is 9.44. The van der Waals surface area contributed by atoms with Crippen molar-refractivity contribution in [1.29, 1.82) is 0 Å². The van der Waals surface area contributed by atoms with E-state index in [2.05, 4.69) is 41.7 Å². The van der Waals surface area contributed by atoms with Crippen LogP contribution in [0.4, 0.5) is 5.69 Å². The van der Waals surface area contributed by atoms with Crippen LogP contribution in [0.2, 0.25) is 0 Å². The Balaban J connectivity index is 1.35. The first kappa shape index (κ1) is 15.0. The summed E-state index contributed by atoms with van der Waals surface area (Å²) in [5.41, 5.74) is 12.3. The van der Waals surface area contributed by atoms with E-state index in [0.29, 0.717) is 0 Å². The van der Waals surface area contributed by atoms with Gasteiger partial charge < -0.3 is 11.1 Å². The fourth-order valence-electron chi connectivity index (χ4n) is 5.20. The fraction of sp³-hybridized carbons (Fsp3) is 0.409. The molecule has 2 aromatic rings. The summed E-state index contributed by atoms with van der Waals surface area (Å²) >= 11 is 0. The molecule has 3 unspecified atom stereocenters. The van der Waals surface area contributed by atoms with E-state index in [4.69, 9.17) is 5.73 Å². The predicted molar refractivity (Wildman–Crippen MR) is 99.2 cm³/mol. The highest BCUT2D eigenvalue weighted by molar-refractivity contribution is 5.85. The van der Waals surface area contributed by atoms with Crippen LogP contribution in [0, 0.1) is 5.92 Å². The average molecular weight is 332 g/mol. The number of fused-ring (bicyclic) bond motifs is 3. The van der Waals surface area contributed by atoms with Crippen molar-refractivity contribution < 1.29 is 4.79 Å². The maximum absolute atomic E-state index is 13.0. The van der Waals surface area contributed by atoms with Crippen LogP contribution >= 0.6 is 0 Å². The molecule has 128 valence electrons. The van der Waals surface area contributed by atoms with E-state index in [1.807, 2.05) is 6.07 Å². The van der Waals surface area contributed by atoms with Crippen molar-refractivity contribution >= 4 is 11.6 Å². The molecular formula is C22H24N2O. The molecule has 3 N–H and O–H groups in total. The maximum Gasteiger partial charge on any atom is 0.224 e. The molecule has 1 spiro atoms. The quantitative estimate of drug-likeness (QED) is 0.825. The monoisotopic (exact) mass is 332 g/mol. The van der Waals surface area contributed by atoms with Crippen molar-refractivity contribution in [2.45, 2.75) is 50.0 Å². The molecule has 1 amide bonds. The largest absolute Gasteiger partial charge is 0.399 e. The topological polar surface area (TPSA) is 55.1 Å². The van der Waals surface area contributed by atoms with Crippen LogP contribution in [0.25, 0.3) is 0 Å². The third-order valence-electron chi connectivity index (χ3n) is 6.58. The van der Waals surface area contributed by atoms with Gasteiger partial charge in [-0.05, 0) is 72.9 Å². The van der Waals surface area contributed by atoms with Crippen LogP contribution in [-0.4, -0.2) is 5.91 Å². The molecule has 0 bridgehead atoms. The zero-order valence-electron chi connectivity index (χ0n) is 14.4. The summed E-state index contributed by atoms with van der Waals surface area (Å²) < 4.78 is 0. The van der Waals surface area contributed by atoms with Gasteiger partial charge in [0.25, 0.3) is 0 Å². The number of nitrogen functional groups attached to an aromatic ring is 1. The van der Waals surface area contributed by atoms with Crippen LogP contribution in [-0.2, 0) is 23.1 Å². The molecule has 1 saturated carbocycles. The van der Waals surface area contributed by atoms with Crippen molar-refractivity contribution in [3.63, 3.8) is 0 Å². The molecule has 0 aliphatic heterocycles. The molecule has 2 aromatic carbocycles. The summed E-state index contributed by atoms with van der Waals surface area (Å²) in [6.07, 6.45) is 6.46. The fourth-order valence-corrected chi connectivity index (χ4v) is 5.20. The van der Waals surface area contributed by atoms with E-state index in [-0.39, 0.29) is 23.3 Å². The molecule has 3 aliphatic carbocycles. The molecule has 3 nitrogen and oxygen atoms in total. The average Bonchev–Trinajstić information content (AvgIpc) is 3.24. The number of carbonyl (C=O) groups excluding carboxylic acids is 1. The van der Waals surface area contributed by atoms with E-state index in [9.17, 15) is 4.79 Å². The molecular weight excluding hydrogens is 308 g/mol. The van der Waals surface area contributed by atoms with Gasteiger partial charge in [0.1, 0.15) is 0 Å². The lowest BCUT2D eigenvalue weighted by molar-refractivity contribution is -0.123. The normalized spacial score (nSPS) is 29.1. The van der Waals surface area contributed by atoms with E-state index >= 15 is 0 Å². The van der Waals surface area contributed by atoms with Crippen molar-refractivity contribution in [3.8, 4) is 0 Å². The van der Waals surface area contributed by atoms with Crippen LogP contribution in [0.5, 0.6) is 0 Å². The number of nitrogens with two attached hydrogens (primary N) is 1. The van der Waals surface area contributed by atoms with Gasteiger partial charge in [0, 0.05) is 17.0 Å². The van der Waals surface area contributed by atoms with Gasteiger partial charge >= 0.3 is 0 Å². The Hall–Kier alpha value is -2.29. The second kappa shape index (κ2) is 5.35. The molecule has 1 fully saturated rings. The molecule has 3 heteroatoms. The third-order valence-corrected chi connectivity index (χ3v) is 6.58. The Labute approximate surface area is 148 Å². The lowest BCUT2D eigenvalue weighted by atomic mass is 9.87. The Morgan fingerprint density at radius 1 is 1.12 bits per heavy atom. The highest BCUT2D eigenvalue weighted by atomic mass is 16.2. The molecule has 0 aromatic heterocycles. The summed E-state index contributed by atoms with van der Waals surface area (Å²) in [4.78, 5) is 13.0. The Morgan fingerprint density at radius 3 is 2.92 bits per heavy atom. The highest BCUT2D eigenvalue weighted by Gasteiger charge is 2.61. The van der Waals surface area contributed by atoms with E-state index in [0.717, 1.165) is 44.2 Å². The Morgan fingerprint density at radius 2 is 2.00 bits per heavy atom. The van der Waals surface area contributed by atoms with Crippen LogP contribution in [0.3, 0.4) is 0 Å². The number of rotatable bonds is 2. The number of carbonyl (C=O) groups is 1. The van der Waals surface area contributed by atoms with Crippen LogP contribution in [0.1, 0.15) is 54.0 Å².